The number of hydrogen-bond donors (Lipinski definition) is 1. The van der Waals surface area contributed by atoms with Crippen molar-refractivity contribution >= 4 is 5.97 Å². The molecule has 0 heterocycles. The van der Waals surface area contributed by atoms with Gasteiger partial charge in [0.25, 0.3) is 6.43 Å². The van der Waals surface area contributed by atoms with Gasteiger partial charge in [-0.05, 0) is 25.3 Å². The van der Waals surface area contributed by atoms with E-state index in [0.717, 1.165) is 5.56 Å². The van der Waals surface area contributed by atoms with Crippen molar-refractivity contribution in [1.29, 1.82) is 0 Å². The molecule has 1 rings (SSSR count). The zero-order valence-corrected chi connectivity index (χ0v) is 9.04. The lowest BCUT2D eigenvalue weighted by atomic mass is 10.00. The molecule has 0 aromatic heterocycles. The predicted octanol–water partition coefficient (Wildman–Crippen LogP) is 3.34. The summed E-state index contributed by atoms with van der Waals surface area (Å²) >= 11 is 0. The van der Waals surface area contributed by atoms with Crippen LogP contribution in [0.25, 0.3) is 0 Å². The van der Waals surface area contributed by atoms with E-state index in [-0.39, 0.29) is 12.0 Å². The largest absolute Gasteiger partial charge is 0.481 e. The molecule has 4 heteroatoms. The van der Waals surface area contributed by atoms with Gasteiger partial charge in [0.15, 0.2) is 0 Å². The maximum Gasteiger partial charge on any atom is 0.303 e. The van der Waals surface area contributed by atoms with Gasteiger partial charge in [-0.2, -0.15) is 0 Å². The highest BCUT2D eigenvalue weighted by molar-refractivity contribution is 5.66. The van der Waals surface area contributed by atoms with Crippen molar-refractivity contribution < 1.29 is 18.7 Å². The Labute approximate surface area is 92.9 Å². The van der Waals surface area contributed by atoms with Gasteiger partial charge in [0.1, 0.15) is 0 Å². The lowest BCUT2D eigenvalue weighted by molar-refractivity contribution is -0.137. The van der Waals surface area contributed by atoms with Gasteiger partial charge < -0.3 is 5.11 Å². The van der Waals surface area contributed by atoms with E-state index in [1.54, 1.807) is 12.1 Å². The van der Waals surface area contributed by atoms with Gasteiger partial charge in [-0.25, -0.2) is 8.78 Å². The number of halogens is 2. The lowest BCUT2D eigenvalue weighted by Crippen LogP contribution is -1.99. The van der Waals surface area contributed by atoms with Crippen molar-refractivity contribution in [1.82, 2.24) is 0 Å². The maximum absolute atomic E-state index is 12.6. The third-order valence-electron chi connectivity index (χ3n) is 2.37. The lowest BCUT2D eigenvalue weighted by Gasteiger charge is -2.09. The number of carbonyl (C=O) groups is 1. The van der Waals surface area contributed by atoms with Crippen LogP contribution in [0, 0.1) is 6.92 Å². The fraction of sp³-hybridized carbons (Fsp3) is 0.417. The van der Waals surface area contributed by atoms with E-state index >= 15 is 0 Å². The fourth-order valence-electron chi connectivity index (χ4n) is 1.59. The molecule has 0 amide bonds. The summed E-state index contributed by atoms with van der Waals surface area (Å²) in [7, 11) is 0. The highest BCUT2D eigenvalue weighted by Gasteiger charge is 2.12. The van der Waals surface area contributed by atoms with Gasteiger partial charge in [-0.3, -0.25) is 4.79 Å². The first kappa shape index (κ1) is 12.6. The molecule has 0 saturated heterocycles. The normalized spacial score (nSPS) is 10.8. The highest BCUT2D eigenvalue weighted by atomic mass is 19.3. The molecule has 0 atom stereocenters. The number of rotatable bonds is 5. The third-order valence-corrected chi connectivity index (χ3v) is 2.37. The Kier molecular flexibility index (Phi) is 4.40. The Bertz CT molecular complexity index is 375. The van der Waals surface area contributed by atoms with E-state index in [2.05, 4.69) is 0 Å². The number of aryl methyl sites for hydroxylation is 2. The summed E-state index contributed by atoms with van der Waals surface area (Å²) in [5.41, 5.74) is 1.47. The zero-order valence-electron chi connectivity index (χ0n) is 9.04. The highest BCUT2D eigenvalue weighted by Crippen LogP contribution is 2.25. The number of aliphatic carboxylic acids is 1. The van der Waals surface area contributed by atoms with Crippen LogP contribution in [0.2, 0.25) is 0 Å². The molecule has 0 saturated carbocycles. The minimum atomic E-state index is -2.50. The minimum Gasteiger partial charge on any atom is -0.481 e. The second kappa shape index (κ2) is 5.58. The van der Waals surface area contributed by atoms with E-state index in [1.807, 2.05) is 6.92 Å². The molecular formula is C12H14F2O2. The minimum absolute atomic E-state index is 0.0102. The molecule has 0 aliphatic carbocycles. The SMILES string of the molecule is Cc1ccc(C(F)F)c(CCCC(=O)O)c1. The second-order valence-corrected chi connectivity index (χ2v) is 3.75. The van der Waals surface area contributed by atoms with Crippen LogP contribution in [-0.2, 0) is 11.2 Å². The number of benzene rings is 1. The monoisotopic (exact) mass is 228 g/mol. The van der Waals surface area contributed by atoms with Crippen LogP contribution in [0.4, 0.5) is 8.78 Å². The topological polar surface area (TPSA) is 37.3 Å². The van der Waals surface area contributed by atoms with Gasteiger partial charge in [0.05, 0.1) is 0 Å². The molecule has 2 nitrogen and oxygen atoms in total. The molecule has 88 valence electrons. The molecule has 1 N–H and O–H groups in total. The molecular weight excluding hydrogens is 214 g/mol. The average Bonchev–Trinajstić information content (AvgIpc) is 2.16. The molecule has 1 aromatic rings. The number of alkyl halides is 2. The molecule has 0 radical (unpaired) electrons. The van der Waals surface area contributed by atoms with E-state index in [9.17, 15) is 13.6 Å². The van der Waals surface area contributed by atoms with Crippen molar-refractivity contribution in [2.24, 2.45) is 0 Å². The third kappa shape index (κ3) is 3.61. The van der Waals surface area contributed by atoms with Gasteiger partial charge in [-0.15, -0.1) is 0 Å². The van der Waals surface area contributed by atoms with Crippen molar-refractivity contribution in [3.05, 3.63) is 34.9 Å². The second-order valence-electron chi connectivity index (χ2n) is 3.75. The fourth-order valence-corrected chi connectivity index (χ4v) is 1.59. The molecule has 0 fully saturated rings. The van der Waals surface area contributed by atoms with E-state index in [1.165, 1.54) is 6.07 Å². The summed E-state index contributed by atoms with van der Waals surface area (Å²) in [5.74, 6) is -0.897. The summed E-state index contributed by atoms with van der Waals surface area (Å²) in [5, 5.41) is 8.48. The summed E-state index contributed by atoms with van der Waals surface area (Å²) < 4.78 is 25.3. The van der Waals surface area contributed by atoms with E-state index in [0.29, 0.717) is 18.4 Å². The average molecular weight is 228 g/mol. The van der Waals surface area contributed by atoms with Gasteiger partial charge in [0.2, 0.25) is 0 Å². The molecule has 0 aliphatic rings. The Hall–Kier alpha value is -1.45. The van der Waals surface area contributed by atoms with Gasteiger partial charge in [-0.1, -0.05) is 23.8 Å². The molecule has 0 bridgehead atoms. The van der Waals surface area contributed by atoms with Crippen molar-refractivity contribution in [2.45, 2.75) is 32.6 Å². The summed E-state index contributed by atoms with van der Waals surface area (Å²) in [6.07, 6.45) is -1.72. The van der Waals surface area contributed by atoms with Crippen LogP contribution in [-0.4, -0.2) is 11.1 Å². The van der Waals surface area contributed by atoms with Crippen LogP contribution >= 0.6 is 0 Å². The van der Waals surface area contributed by atoms with Crippen LogP contribution in [0.1, 0.15) is 36.0 Å². The first-order valence-corrected chi connectivity index (χ1v) is 5.10. The Morgan fingerprint density at radius 1 is 1.44 bits per heavy atom. The maximum atomic E-state index is 12.6. The smallest absolute Gasteiger partial charge is 0.303 e. The quantitative estimate of drug-likeness (QED) is 0.839. The number of carboxylic acid groups (broad SMARTS) is 1. The predicted molar refractivity (Wildman–Crippen MR) is 56.7 cm³/mol. The van der Waals surface area contributed by atoms with Crippen molar-refractivity contribution in [2.75, 3.05) is 0 Å². The van der Waals surface area contributed by atoms with Crippen molar-refractivity contribution in [3.8, 4) is 0 Å². The first-order valence-electron chi connectivity index (χ1n) is 5.10. The van der Waals surface area contributed by atoms with Gasteiger partial charge >= 0.3 is 5.97 Å². The summed E-state index contributed by atoms with van der Waals surface area (Å²) in [6, 6.07) is 4.75. The Morgan fingerprint density at radius 3 is 2.69 bits per heavy atom. The standard InChI is InChI=1S/C12H14F2O2/c1-8-5-6-10(12(13)14)9(7-8)3-2-4-11(15)16/h5-7,12H,2-4H2,1H3,(H,15,16). The molecule has 0 aliphatic heterocycles. The van der Waals surface area contributed by atoms with E-state index in [4.69, 9.17) is 5.11 Å². The van der Waals surface area contributed by atoms with Gasteiger partial charge in [0, 0.05) is 12.0 Å². The molecule has 1 aromatic carbocycles. The number of hydrogen-bond acceptors (Lipinski definition) is 1. The van der Waals surface area contributed by atoms with Crippen LogP contribution in [0.5, 0.6) is 0 Å². The zero-order chi connectivity index (χ0) is 12.1. The molecule has 0 unspecified atom stereocenters. The molecule has 16 heavy (non-hydrogen) atoms. The first-order chi connectivity index (χ1) is 7.50. The molecule has 0 spiro atoms. The van der Waals surface area contributed by atoms with Crippen LogP contribution in [0.15, 0.2) is 18.2 Å². The van der Waals surface area contributed by atoms with E-state index < -0.39 is 12.4 Å². The number of carboxylic acids is 1. The van der Waals surface area contributed by atoms with Crippen molar-refractivity contribution in [3.63, 3.8) is 0 Å². The van der Waals surface area contributed by atoms with Crippen LogP contribution < -0.4 is 0 Å². The Balaban J connectivity index is 2.76. The summed E-state index contributed by atoms with van der Waals surface area (Å²) in [4.78, 5) is 10.3. The summed E-state index contributed by atoms with van der Waals surface area (Å²) in [6.45, 7) is 1.83. The van der Waals surface area contributed by atoms with Crippen LogP contribution in [0.3, 0.4) is 0 Å². The Morgan fingerprint density at radius 2 is 2.12 bits per heavy atom.